The van der Waals surface area contributed by atoms with Crippen molar-refractivity contribution in [2.75, 3.05) is 11.6 Å². The SMILES string of the molecule is CSC(=Nc1ccc2c(c1)C(C)(C)CC(=O)N2)NC#N. The molecule has 1 aliphatic rings. The van der Waals surface area contributed by atoms with Crippen molar-refractivity contribution < 1.29 is 4.79 Å². The zero-order chi connectivity index (χ0) is 14.8. The number of aliphatic imine (C=N–C) groups is 1. The van der Waals surface area contributed by atoms with Crippen LogP contribution in [0.25, 0.3) is 0 Å². The lowest BCUT2D eigenvalue weighted by Crippen LogP contribution is -2.32. The van der Waals surface area contributed by atoms with E-state index in [1.165, 1.54) is 11.8 Å². The topological polar surface area (TPSA) is 77.3 Å². The van der Waals surface area contributed by atoms with Crippen molar-refractivity contribution >= 4 is 34.2 Å². The summed E-state index contributed by atoms with van der Waals surface area (Å²) >= 11 is 1.37. The maximum Gasteiger partial charge on any atom is 0.225 e. The summed E-state index contributed by atoms with van der Waals surface area (Å²) in [5.74, 6) is 0.0368. The fourth-order valence-electron chi connectivity index (χ4n) is 2.25. The van der Waals surface area contributed by atoms with Gasteiger partial charge in [0.15, 0.2) is 11.4 Å². The van der Waals surface area contributed by atoms with Crippen LogP contribution in [0.15, 0.2) is 23.2 Å². The van der Waals surface area contributed by atoms with Crippen LogP contribution in [0.2, 0.25) is 0 Å². The van der Waals surface area contributed by atoms with E-state index < -0.39 is 0 Å². The molecule has 0 unspecified atom stereocenters. The van der Waals surface area contributed by atoms with E-state index in [1.54, 1.807) is 0 Å². The summed E-state index contributed by atoms with van der Waals surface area (Å²) in [6.07, 6.45) is 4.17. The number of benzene rings is 1. The predicted molar refractivity (Wildman–Crippen MR) is 82.1 cm³/mol. The van der Waals surface area contributed by atoms with E-state index in [-0.39, 0.29) is 11.3 Å². The summed E-state index contributed by atoms with van der Waals surface area (Å²) in [4.78, 5) is 16.0. The van der Waals surface area contributed by atoms with Gasteiger partial charge in [0, 0.05) is 17.5 Å². The largest absolute Gasteiger partial charge is 0.326 e. The number of anilines is 1. The molecule has 0 bridgehead atoms. The van der Waals surface area contributed by atoms with Crippen LogP contribution in [0.3, 0.4) is 0 Å². The zero-order valence-electron chi connectivity index (χ0n) is 11.7. The second-order valence-corrected chi connectivity index (χ2v) is 5.99. The van der Waals surface area contributed by atoms with Gasteiger partial charge in [0.25, 0.3) is 0 Å². The lowest BCUT2D eigenvalue weighted by Gasteiger charge is -2.32. The molecule has 6 heteroatoms. The van der Waals surface area contributed by atoms with E-state index in [4.69, 9.17) is 5.26 Å². The molecule has 0 saturated carbocycles. The molecule has 0 saturated heterocycles. The Kier molecular flexibility index (Phi) is 4.00. The van der Waals surface area contributed by atoms with Crippen molar-refractivity contribution in [1.82, 2.24) is 5.32 Å². The van der Waals surface area contributed by atoms with Gasteiger partial charge in [-0.3, -0.25) is 10.1 Å². The summed E-state index contributed by atoms with van der Waals surface area (Å²) < 4.78 is 0. The standard InChI is InChI=1S/C14H16N4OS/c1-14(2)7-12(19)18-11-5-4-9(6-10(11)14)17-13(20-3)16-8-15/h4-6H,7H2,1-3H3,(H,16,17)(H,18,19). The van der Waals surface area contributed by atoms with Crippen LogP contribution < -0.4 is 10.6 Å². The lowest BCUT2D eigenvalue weighted by molar-refractivity contribution is -0.117. The van der Waals surface area contributed by atoms with E-state index in [9.17, 15) is 4.79 Å². The molecule has 5 nitrogen and oxygen atoms in total. The molecule has 0 atom stereocenters. The van der Waals surface area contributed by atoms with Crippen molar-refractivity contribution in [3.63, 3.8) is 0 Å². The molecule has 0 aliphatic carbocycles. The molecule has 1 aliphatic heterocycles. The number of rotatable bonds is 1. The molecule has 0 fully saturated rings. The number of fused-ring (bicyclic) bond motifs is 1. The Labute approximate surface area is 122 Å². The summed E-state index contributed by atoms with van der Waals surface area (Å²) in [5.41, 5.74) is 2.45. The first kappa shape index (κ1) is 14.4. The number of hydrogen-bond acceptors (Lipinski definition) is 4. The Balaban J connectivity index is 2.42. The Bertz CT molecular complexity index is 616. The summed E-state index contributed by atoms with van der Waals surface area (Å²) in [5, 5.41) is 14.6. The molecule has 1 aromatic carbocycles. The van der Waals surface area contributed by atoms with Crippen LogP contribution in [0.4, 0.5) is 11.4 Å². The second kappa shape index (κ2) is 5.55. The molecule has 1 aromatic rings. The number of nitrogens with one attached hydrogen (secondary N) is 2. The van der Waals surface area contributed by atoms with Crippen LogP contribution in [-0.4, -0.2) is 17.3 Å². The molecule has 0 aromatic heterocycles. The highest BCUT2D eigenvalue weighted by molar-refractivity contribution is 8.13. The highest BCUT2D eigenvalue weighted by atomic mass is 32.2. The Morgan fingerprint density at radius 2 is 2.30 bits per heavy atom. The van der Waals surface area contributed by atoms with Gasteiger partial charge in [0.1, 0.15) is 0 Å². The predicted octanol–water partition coefficient (Wildman–Crippen LogP) is 2.73. The third-order valence-corrected chi connectivity index (χ3v) is 3.78. The normalized spacial score (nSPS) is 16.9. The molecule has 2 N–H and O–H groups in total. The first-order valence-electron chi connectivity index (χ1n) is 6.18. The van der Waals surface area contributed by atoms with Crippen molar-refractivity contribution in [3.8, 4) is 6.19 Å². The van der Waals surface area contributed by atoms with Gasteiger partial charge in [0.2, 0.25) is 5.91 Å². The quantitative estimate of drug-likeness (QED) is 0.360. The number of nitrogens with zero attached hydrogens (tertiary/aromatic N) is 2. The minimum atomic E-state index is -0.217. The Hall–Kier alpha value is -2.00. The van der Waals surface area contributed by atoms with Gasteiger partial charge in [-0.25, -0.2) is 4.99 Å². The molecule has 0 radical (unpaired) electrons. The van der Waals surface area contributed by atoms with Crippen molar-refractivity contribution in [2.24, 2.45) is 4.99 Å². The average molecular weight is 288 g/mol. The number of amides is 1. The molecule has 20 heavy (non-hydrogen) atoms. The number of thioether (sulfide) groups is 1. The van der Waals surface area contributed by atoms with E-state index in [0.29, 0.717) is 11.6 Å². The minimum absolute atomic E-state index is 0.0368. The monoisotopic (exact) mass is 288 g/mol. The van der Waals surface area contributed by atoms with Gasteiger partial charge in [-0.1, -0.05) is 25.6 Å². The van der Waals surface area contributed by atoms with Crippen LogP contribution in [0.1, 0.15) is 25.8 Å². The molecule has 2 rings (SSSR count). The van der Waals surface area contributed by atoms with Gasteiger partial charge < -0.3 is 5.32 Å². The van der Waals surface area contributed by atoms with E-state index in [1.807, 2.05) is 44.5 Å². The Morgan fingerprint density at radius 3 is 2.95 bits per heavy atom. The highest BCUT2D eigenvalue weighted by Gasteiger charge is 2.31. The van der Waals surface area contributed by atoms with E-state index in [2.05, 4.69) is 15.6 Å². The van der Waals surface area contributed by atoms with Gasteiger partial charge >= 0.3 is 0 Å². The molecule has 104 valence electrons. The smallest absolute Gasteiger partial charge is 0.225 e. The molecule has 1 amide bonds. The van der Waals surface area contributed by atoms with Crippen LogP contribution >= 0.6 is 11.8 Å². The van der Waals surface area contributed by atoms with Gasteiger partial charge in [-0.05, 0) is 30.0 Å². The molecular formula is C14H16N4OS. The van der Waals surface area contributed by atoms with Crippen molar-refractivity contribution in [1.29, 1.82) is 5.26 Å². The van der Waals surface area contributed by atoms with Crippen molar-refractivity contribution in [3.05, 3.63) is 23.8 Å². The molecular weight excluding hydrogens is 272 g/mol. The van der Waals surface area contributed by atoms with Crippen molar-refractivity contribution in [2.45, 2.75) is 25.7 Å². The number of hydrogen-bond donors (Lipinski definition) is 2. The third kappa shape index (κ3) is 2.94. The first-order valence-corrected chi connectivity index (χ1v) is 7.41. The molecule has 0 spiro atoms. The maximum atomic E-state index is 11.6. The van der Waals surface area contributed by atoms with Crippen LogP contribution in [-0.2, 0) is 10.2 Å². The van der Waals surface area contributed by atoms with Gasteiger partial charge in [0.05, 0.1) is 5.69 Å². The van der Waals surface area contributed by atoms with E-state index in [0.717, 1.165) is 16.9 Å². The zero-order valence-corrected chi connectivity index (χ0v) is 12.5. The highest BCUT2D eigenvalue weighted by Crippen LogP contribution is 2.39. The maximum absolute atomic E-state index is 11.6. The fraction of sp³-hybridized carbons (Fsp3) is 0.357. The van der Waals surface area contributed by atoms with Gasteiger partial charge in [-0.15, -0.1) is 0 Å². The van der Waals surface area contributed by atoms with Crippen LogP contribution in [0, 0.1) is 11.5 Å². The number of carbonyl (C=O) groups excluding carboxylic acids is 1. The minimum Gasteiger partial charge on any atom is -0.326 e. The van der Waals surface area contributed by atoms with Crippen LogP contribution in [0.5, 0.6) is 0 Å². The average Bonchev–Trinajstić information content (AvgIpc) is 2.38. The van der Waals surface area contributed by atoms with Gasteiger partial charge in [-0.2, -0.15) is 5.26 Å². The number of amidine groups is 1. The Morgan fingerprint density at radius 1 is 1.55 bits per heavy atom. The third-order valence-electron chi connectivity index (χ3n) is 3.20. The summed E-state index contributed by atoms with van der Waals surface area (Å²) in [6, 6.07) is 5.65. The summed E-state index contributed by atoms with van der Waals surface area (Å²) in [6.45, 7) is 4.09. The number of carbonyl (C=O) groups is 1. The summed E-state index contributed by atoms with van der Waals surface area (Å²) in [7, 11) is 0. The lowest BCUT2D eigenvalue weighted by atomic mass is 9.78. The van der Waals surface area contributed by atoms with E-state index >= 15 is 0 Å². The first-order chi connectivity index (χ1) is 9.46. The molecule has 1 heterocycles. The second-order valence-electron chi connectivity index (χ2n) is 5.20. The fourth-order valence-corrected chi connectivity index (χ4v) is 2.60. The number of nitriles is 1.